The van der Waals surface area contributed by atoms with E-state index in [0.29, 0.717) is 17.0 Å². The largest absolute Gasteiger partial charge is 0.495 e. The SMILES string of the molecule is CCN(Cc1ccccc1)c1ccc(C(=O)Nc2cc(C)ccc2OC)cn1. The van der Waals surface area contributed by atoms with E-state index >= 15 is 0 Å². The van der Waals surface area contributed by atoms with E-state index in [2.05, 4.69) is 34.3 Å². The van der Waals surface area contributed by atoms with Crippen LogP contribution in [0.25, 0.3) is 0 Å². The Hall–Kier alpha value is -3.34. The molecule has 5 heteroatoms. The summed E-state index contributed by atoms with van der Waals surface area (Å²) in [5.74, 6) is 1.26. The molecule has 1 aromatic heterocycles. The molecule has 0 atom stereocenters. The Labute approximate surface area is 166 Å². The summed E-state index contributed by atoms with van der Waals surface area (Å²) in [5.41, 5.74) is 3.42. The van der Waals surface area contributed by atoms with Gasteiger partial charge in [0, 0.05) is 19.3 Å². The van der Waals surface area contributed by atoms with Gasteiger partial charge in [0.25, 0.3) is 5.91 Å². The second-order valence-corrected chi connectivity index (χ2v) is 6.56. The molecule has 2 aromatic carbocycles. The van der Waals surface area contributed by atoms with Gasteiger partial charge in [0.15, 0.2) is 0 Å². The van der Waals surface area contributed by atoms with Crippen LogP contribution in [0.15, 0.2) is 66.9 Å². The van der Waals surface area contributed by atoms with Crippen molar-refractivity contribution >= 4 is 17.4 Å². The van der Waals surface area contributed by atoms with E-state index in [9.17, 15) is 4.79 Å². The Bertz CT molecular complexity index is 924. The Morgan fingerprint density at radius 3 is 2.54 bits per heavy atom. The first kappa shape index (κ1) is 19.4. The normalized spacial score (nSPS) is 10.4. The summed E-state index contributed by atoms with van der Waals surface area (Å²) in [5, 5.41) is 2.90. The minimum Gasteiger partial charge on any atom is -0.495 e. The third kappa shape index (κ3) is 4.68. The Kier molecular flexibility index (Phi) is 6.27. The minimum absolute atomic E-state index is 0.214. The van der Waals surface area contributed by atoms with Gasteiger partial charge in [-0.2, -0.15) is 0 Å². The number of carbonyl (C=O) groups excluding carboxylic acids is 1. The van der Waals surface area contributed by atoms with Crippen LogP contribution in [0.1, 0.15) is 28.4 Å². The fraction of sp³-hybridized carbons (Fsp3) is 0.217. The van der Waals surface area contributed by atoms with Gasteiger partial charge in [-0.1, -0.05) is 36.4 Å². The zero-order valence-corrected chi connectivity index (χ0v) is 16.5. The second kappa shape index (κ2) is 9.04. The van der Waals surface area contributed by atoms with Crippen LogP contribution in [0.2, 0.25) is 0 Å². The van der Waals surface area contributed by atoms with Gasteiger partial charge in [-0.3, -0.25) is 4.79 Å². The predicted octanol–water partition coefficient (Wildman–Crippen LogP) is 4.68. The number of anilines is 2. The molecular formula is C23H25N3O2. The summed E-state index contributed by atoms with van der Waals surface area (Å²) >= 11 is 0. The molecule has 0 saturated carbocycles. The number of benzene rings is 2. The quantitative estimate of drug-likeness (QED) is 0.652. The van der Waals surface area contributed by atoms with Crippen LogP contribution in [-0.2, 0) is 6.54 Å². The highest BCUT2D eigenvalue weighted by Gasteiger charge is 2.12. The molecule has 1 heterocycles. The lowest BCUT2D eigenvalue weighted by Crippen LogP contribution is -2.23. The molecule has 0 unspecified atom stereocenters. The molecule has 144 valence electrons. The van der Waals surface area contributed by atoms with Crippen molar-refractivity contribution in [3.05, 3.63) is 83.6 Å². The summed E-state index contributed by atoms with van der Waals surface area (Å²) in [4.78, 5) is 19.3. The van der Waals surface area contributed by atoms with Crippen LogP contribution in [0.3, 0.4) is 0 Å². The van der Waals surface area contributed by atoms with Crippen LogP contribution in [0.4, 0.5) is 11.5 Å². The smallest absolute Gasteiger partial charge is 0.257 e. The summed E-state index contributed by atoms with van der Waals surface area (Å²) in [6.45, 7) is 5.66. The third-order valence-electron chi connectivity index (χ3n) is 4.54. The highest BCUT2D eigenvalue weighted by atomic mass is 16.5. The fourth-order valence-electron chi connectivity index (χ4n) is 2.98. The van der Waals surface area contributed by atoms with Crippen molar-refractivity contribution < 1.29 is 9.53 Å². The van der Waals surface area contributed by atoms with E-state index in [1.54, 1.807) is 19.4 Å². The average Bonchev–Trinajstić information content (AvgIpc) is 2.73. The first-order valence-electron chi connectivity index (χ1n) is 9.31. The maximum absolute atomic E-state index is 12.6. The molecule has 1 N–H and O–H groups in total. The zero-order valence-electron chi connectivity index (χ0n) is 16.5. The van der Waals surface area contributed by atoms with Crippen molar-refractivity contribution in [3.8, 4) is 5.75 Å². The number of hydrogen-bond donors (Lipinski definition) is 1. The van der Waals surface area contributed by atoms with Gasteiger partial charge in [0.2, 0.25) is 0 Å². The first-order chi connectivity index (χ1) is 13.6. The number of rotatable bonds is 7. The lowest BCUT2D eigenvalue weighted by Gasteiger charge is -2.22. The molecule has 0 spiro atoms. The molecule has 0 aliphatic rings. The Morgan fingerprint density at radius 1 is 1.11 bits per heavy atom. The van der Waals surface area contributed by atoms with Gasteiger partial charge in [0.05, 0.1) is 18.4 Å². The lowest BCUT2D eigenvalue weighted by molar-refractivity contribution is 0.102. The molecule has 3 rings (SSSR count). The number of amides is 1. The van der Waals surface area contributed by atoms with Crippen LogP contribution in [0, 0.1) is 6.92 Å². The minimum atomic E-state index is -0.214. The third-order valence-corrected chi connectivity index (χ3v) is 4.54. The van der Waals surface area contributed by atoms with Gasteiger partial charge in [-0.15, -0.1) is 0 Å². The predicted molar refractivity (Wildman–Crippen MR) is 113 cm³/mol. The molecule has 0 aliphatic heterocycles. The number of nitrogens with zero attached hydrogens (tertiary/aromatic N) is 2. The van der Waals surface area contributed by atoms with Crippen LogP contribution < -0.4 is 15.0 Å². The molecule has 0 aliphatic carbocycles. The molecule has 0 bridgehead atoms. The molecule has 0 fully saturated rings. The van der Waals surface area contributed by atoms with Gasteiger partial charge in [-0.25, -0.2) is 4.98 Å². The van der Waals surface area contributed by atoms with E-state index in [1.165, 1.54) is 5.56 Å². The first-order valence-corrected chi connectivity index (χ1v) is 9.31. The molecule has 3 aromatic rings. The van der Waals surface area contributed by atoms with Crippen LogP contribution in [0.5, 0.6) is 5.75 Å². The molecule has 5 nitrogen and oxygen atoms in total. The Balaban J connectivity index is 1.72. The second-order valence-electron chi connectivity index (χ2n) is 6.56. The van der Waals surface area contributed by atoms with Crippen molar-refractivity contribution in [1.29, 1.82) is 0 Å². The summed E-state index contributed by atoms with van der Waals surface area (Å²) in [7, 11) is 1.59. The number of ether oxygens (including phenoxy) is 1. The Morgan fingerprint density at radius 2 is 1.89 bits per heavy atom. The van der Waals surface area contributed by atoms with Crippen LogP contribution >= 0.6 is 0 Å². The van der Waals surface area contributed by atoms with Crippen molar-refractivity contribution in [3.63, 3.8) is 0 Å². The van der Waals surface area contributed by atoms with Crippen molar-refractivity contribution in [2.75, 3.05) is 23.9 Å². The van der Waals surface area contributed by atoms with Gasteiger partial charge >= 0.3 is 0 Å². The number of pyridine rings is 1. The monoisotopic (exact) mass is 375 g/mol. The molecule has 1 amide bonds. The summed E-state index contributed by atoms with van der Waals surface area (Å²) in [6, 6.07) is 19.6. The van der Waals surface area contributed by atoms with Crippen molar-refractivity contribution in [2.24, 2.45) is 0 Å². The van der Waals surface area contributed by atoms with Gasteiger partial charge in [-0.05, 0) is 49.2 Å². The molecular weight excluding hydrogens is 350 g/mol. The number of aryl methyl sites for hydroxylation is 1. The standard InChI is InChI=1S/C23H25N3O2/c1-4-26(16-18-8-6-5-7-9-18)22-13-11-19(15-24-22)23(27)25-20-14-17(2)10-12-21(20)28-3/h5-15H,4,16H2,1-3H3,(H,25,27). The molecule has 28 heavy (non-hydrogen) atoms. The number of methoxy groups -OCH3 is 1. The van der Waals surface area contributed by atoms with Crippen molar-refractivity contribution in [1.82, 2.24) is 4.98 Å². The van der Waals surface area contributed by atoms with Gasteiger partial charge in [0.1, 0.15) is 11.6 Å². The average molecular weight is 375 g/mol. The maximum atomic E-state index is 12.6. The number of carbonyl (C=O) groups is 1. The van der Waals surface area contributed by atoms with Crippen LogP contribution in [-0.4, -0.2) is 24.5 Å². The summed E-state index contributed by atoms with van der Waals surface area (Å²) in [6.07, 6.45) is 1.61. The number of nitrogens with one attached hydrogen (secondary N) is 1. The lowest BCUT2D eigenvalue weighted by atomic mass is 10.2. The van der Waals surface area contributed by atoms with Gasteiger partial charge < -0.3 is 15.0 Å². The zero-order chi connectivity index (χ0) is 19.9. The van der Waals surface area contributed by atoms with Crippen molar-refractivity contribution in [2.45, 2.75) is 20.4 Å². The highest BCUT2D eigenvalue weighted by Crippen LogP contribution is 2.26. The fourth-order valence-corrected chi connectivity index (χ4v) is 2.98. The van der Waals surface area contributed by atoms with E-state index in [0.717, 1.165) is 24.5 Å². The number of hydrogen-bond acceptors (Lipinski definition) is 4. The van der Waals surface area contributed by atoms with E-state index in [-0.39, 0.29) is 5.91 Å². The van der Waals surface area contributed by atoms with E-state index in [1.807, 2.05) is 49.4 Å². The molecule has 0 saturated heterocycles. The summed E-state index contributed by atoms with van der Waals surface area (Å²) < 4.78 is 5.32. The van der Waals surface area contributed by atoms with E-state index in [4.69, 9.17) is 4.74 Å². The maximum Gasteiger partial charge on any atom is 0.257 e. The van der Waals surface area contributed by atoms with E-state index < -0.39 is 0 Å². The highest BCUT2D eigenvalue weighted by molar-refractivity contribution is 6.05. The molecule has 0 radical (unpaired) electrons. The topological polar surface area (TPSA) is 54.5 Å². The number of aromatic nitrogens is 1.